The molecule has 0 aliphatic heterocycles. The van der Waals surface area contributed by atoms with Crippen molar-refractivity contribution in [2.45, 2.75) is 13.3 Å². The molecule has 1 rings (SSSR count). The van der Waals surface area contributed by atoms with Gasteiger partial charge in [0.15, 0.2) is 0 Å². The molecule has 0 saturated heterocycles. The Morgan fingerprint density at radius 1 is 1.73 bits per heavy atom. The molecule has 1 heterocycles. The van der Waals surface area contributed by atoms with Gasteiger partial charge in [-0.15, -0.1) is 0 Å². The van der Waals surface area contributed by atoms with Crippen LogP contribution in [0.15, 0.2) is 18.1 Å². The molecule has 0 spiro atoms. The van der Waals surface area contributed by atoms with Crippen molar-refractivity contribution in [2.24, 2.45) is 0 Å². The van der Waals surface area contributed by atoms with E-state index in [0.29, 0.717) is 6.42 Å². The monoisotopic (exact) mass is 142 g/mol. The Bertz CT molecular complexity index is 271. The first-order valence-electron chi connectivity index (χ1n) is 3.53. The zero-order valence-corrected chi connectivity index (χ0v) is 6.50. The predicted octanol–water partition coefficient (Wildman–Crippen LogP) is 0.571. The second kappa shape index (κ2) is 3.51. The topological polar surface area (TPSA) is 17.1 Å². The minimum absolute atomic E-state index is 0.278. The van der Waals surface area contributed by atoms with Crippen LogP contribution >= 0.6 is 0 Å². The van der Waals surface area contributed by atoms with E-state index in [9.17, 15) is 4.79 Å². The third kappa shape index (κ3) is 2.34. The van der Waals surface area contributed by atoms with Gasteiger partial charge in [0.2, 0.25) is 0 Å². The Morgan fingerprint density at radius 3 is 3.00 bits per heavy atom. The van der Waals surface area contributed by atoms with Crippen LogP contribution in [0.25, 0.3) is 0 Å². The van der Waals surface area contributed by atoms with Gasteiger partial charge in [-0.25, -0.2) is 0 Å². The summed E-state index contributed by atoms with van der Waals surface area (Å²) in [5.74, 6) is 1.94. The van der Waals surface area contributed by atoms with Crippen LogP contribution in [0.1, 0.15) is 11.0 Å². The Labute approximate surface area is 68.4 Å². The van der Waals surface area contributed by atoms with Crippen LogP contribution in [0.4, 0.5) is 0 Å². The van der Waals surface area contributed by atoms with E-state index < -0.39 is 0 Å². The molecule has 52 valence electrons. The van der Waals surface area contributed by atoms with E-state index in [1.807, 2.05) is 31.9 Å². The molecule has 1 nitrogen and oxygen atoms in total. The molecule has 11 heavy (non-hydrogen) atoms. The molecular weight excluding hydrogens is 134 g/mol. The average Bonchev–Trinajstić information content (AvgIpc) is 1.93. The maximum absolute atomic E-state index is 10.5. The van der Waals surface area contributed by atoms with Gasteiger partial charge < -0.3 is 0 Å². The first kappa shape index (κ1) is 8.25. The summed E-state index contributed by atoms with van der Waals surface area (Å²) in [7, 11) is 5.05. The first-order chi connectivity index (χ1) is 5.20. The Morgan fingerprint density at radius 2 is 2.45 bits per heavy atom. The molecule has 0 bridgehead atoms. The Kier molecular flexibility index (Phi) is 2.64. The van der Waals surface area contributed by atoms with Crippen LogP contribution in [0.2, 0.25) is 0 Å². The molecule has 0 aliphatic carbocycles. The van der Waals surface area contributed by atoms with Gasteiger partial charge in [-0.05, 0) is 0 Å². The number of aryl methyl sites for hydroxylation is 1. The summed E-state index contributed by atoms with van der Waals surface area (Å²) in [4.78, 5) is 10.5. The first-order valence-corrected chi connectivity index (χ1v) is 3.53. The van der Waals surface area contributed by atoms with Gasteiger partial charge in [-0.2, -0.15) is 0 Å². The molecule has 1 aromatic rings. The van der Waals surface area contributed by atoms with Crippen LogP contribution in [0, 0.1) is 6.92 Å². The summed E-state index contributed by atoms with van der Waals surface area (Å²) in [5, 5.41) is 0. The SMILES string of the molecule is [B]C(=O)Cc1cccbc1C. The summed E-state index contributed by atoms with van der Waals surface area (Å²) < 4.78 is 0. The van der Waals surface area contributed by atoms with Crippen LogP contribution in [-0.4, -0.2) is 20.4 Å². The number of hydrogen-bond acceptors (Lipinski definition) is 1. The number of hydrogen-bond donors (Lipinski definition) is 0. The van der Waals surface area contributed by atoms with Crippen molar-refractivity contribution in [3.8, 4) is 0 Å². The minimum atomic E-state index is -0.278. The van der Waals surface area contributed by atoms with Crippen molar-refractivity contribution < 1.29 is 4.79 Å². The van der Waals surface area contributed by atoms with Crippen LogP contribution in [0.5, 0.6) is 0 Å². The molecule has 0 fully saturated rings. The van der Waals surface area contributed by atoms with Crippen LogP contribution < -0.4 is 0 Å². The molecule has 3 heteroatoms. The van der Waals surface area contributed by atoms with Crippen molar-refractivity contribution in [2.75, 3.05) is 0 Å². The van der Waals surface area contributed by atoms with Gasteiger partial charge in [-0.3, -0.25) is 0 Å². The molecule has 0 N–H and O–H groups in total. The van der Waals surface area contributed by atoms with Crippen molar-refractivity contribution in [1.82, 2.24) is 0 Å². The number of carbonyl (C=O) groups is 1. The molecule has 2 radical (unpaired) electrons. The van der Waals surface area contributed by atoms with Crippen molar-refractivity contribution >= 4 is 20.4 Å². The molecule has 0 unspecified atom stereocenters. The van der Waals surface area contributed by atoms with Gasteiger partial charge in [0.1, 0.15) is 0 Å². The summed E-state index contributed by atoms with van der Waals surface area (Å²) in [6.07, 6.45) is 0.340. The normalized spacial score (nSPS) is 9.18. The van der Waals surface area contributed by atoms with Crippen LogP contribution in [0.3, 0.4) is 0 Å². The molecular formula is C8H8B2O. The van der Waals surface area contributed by atoms with E-state index in [1.165, 1.54) is 0 Å². The summed E-state index contributed by atoms with van der Waals surface area (Å²) >= 11 is 0. The van der Waals surface area contributed by atoms with Crippen molar-refractivity contribution in [1.29, 1.82) is 0 Å². The number of carbonyl (C=O) groups excluding carboxylic acids is 1. The molecule has 0 saturated carbocycles. The van der Waals surface area contributed by atoms with E-state index in [4.69, 9.17) is 7.85 Å². The van der Waals surface area contributed by atoms with Crippen molar-refractivity contribution in [3.05, 3.63) is 29.1 Å². The van der Waals surface area contributed by atoms with Gasteiger partial charge in [0.25, 0.3) is 0 Å². The summed E-state index contributed by atoms with van der Waals surface area (Å²) in [6, 6.07) is 3.82. The number of rotatable bonds is 2. The van der Waals surface area contributed by atoms with Crippen LogP contribution in [-0.2, 0) is 11.2 Å². The molecule has 0 aromatic carbocycles. The maximum atomic E-state index is 10.5. The second-order valence-electron chi connectivity index (χ2n) is 2.57. The molecule has 0 amide bonds. The predicted molar refractivity (Wildman–Crippen MR) is 47.0 cm³/mol. The zero-order valence-electron chi connectivity index (χ0n) is 6.50. The van der Waals surface area contributed by atoms with E-state index in [1.54, 1.807) is 0 Å². The average molecular weight is 142 g/mol. The van der Waals surface area contributed by atoms with E-state index in [2.05, 4.69) is 0 Å². The van der Waals surface area contributed by atoms with Gasteiger partial charge in [-0.1, -0.05) is 0 Å². The van der Waals surface area contributed by atoms with Gasteiger partial charge in [0, 0.05) is 0 Å². The van der Waals surface area contributed by atoms with E-state index in [0.717, 1.165) is 11.0 Å². The fourth-order valence-electron chi connectivity index (χ4n) is 0.996. The zero-order chi connectivity index (χ0) is 8.27. The molecule has 0 aliphatic rings. The quantitative estimate of drug-likeness (QED) is 0.551. The summed E-state index contributed by atoms with van der Waals surface area (Å²) in [6.45, 7) is 3.94. The van der Waals surface area contributed by atoms with Crippen molar-refractivity contribution in [3.63, 3.8) is 0 Å². The fourth-order valence-corrected chi connectivity index (χ4v) is 0.996. The third-order valence-electron chi connectivity index (χ3n) is 1.63. The third-order valence-corrected chi connectivity index (χ3v) is 1.63. The van der Waals surface area contributed by atoms with E-state index >= 15 is 0 Å². The second-order valence-corrected chi connectivity index (χ2v) is 2.57. The Hall–Kier alpha value is -0.850. The summed E-state index contributed by atoms with van der Waals surface area (Å²) in [5.41, 5.74) is 1.85. The molecule has 0 atom stereocenters. The Balaban J connectivity index is 2.86. The van der Waals surface area contributed by atoms with Gasteiger partial charge in [0.05, 0.1) is 0 Å². The van der Waals surface area contributed by atoms with Gasteiger partial charge >= 0.3 is 67.7 Å². The standard InChI is InChI=1S/C8H8B2O/c1-6-7(5-8(9)11)3-2-4-10-6/h2-4H,5H2,1H3. The fraction of sp³-hybridized carbons (Fsp3) is 0.250. The van der Waals surface area contributed by atoms with E-state index in [-0.39, 0.29) is 5.68 Å². The molecule has 1 aromatic heterocycles.